The Morgan fingerprint density at radius 1 is 1.08 bits per heavy atom. The Kier molecular flexibility index (Phi) is 4.68. The SMILES string of the molecule is O=C([C@@H]1Cc2cc(Cl)ccc2O1)N1CCC(N2CCCCC2)CC1. The number of carbonyl (C=O) groups excluding carboxylic acids is 1. The number of nitrogens with zero attached hydrogens (tertiary/aromatic N) is 2. The molecule has 3 aliphatic rings. The van der Waals surface area contributed by atoms with Crippen molar-refractivity contribution in [3.63, 3.8) is 0 Å². The molecule has 130 valence electrons. The van der Waals surface area contributed by atoms with Crippen molar-refractivity contribution < 1.29 is 9.53 Å². The van der Waals surface area contributed by atoms with E-state index in [4.69, 9.17) is 16.3 Å². The number of likely N-dealkylation sites (tertiary alicyclic amines) is 2. The molecule has 4 rings (SSSR count). The van der Waals surface area contributed by atoms with Gasteiger partial charge in [-0.1, -0.05) is 18.0 Å². The molecule has 0 N–H and O–H groups in total. The molecule has 3 heterocycles. The van der Waals surface area contributed by atoms with Gasteiger partial charge in [0.1, 0.15) is 5.75 Å². The summed E-state index contributed by atoms with van der Waals surface area (Å²) in [6.07, 6.45) is 6.49. The van der Waals surface area contributed by atoms with E-state index in [1.165, 1.54) is 32.4 Å². The van der Waals surface area contributed by atoms with Crippen LogP contribution >= 0.6 is 11.6 Å². The molecule has 0 aliphatic carbocycles. The summed E-state index contributed by atoms with van der Waals surface area (Å²) in [5, 5.41) is 0.702. The minimum Gasteiger partial charge on any atom is -0.480 e. The van der Waals surface area contributed by atoms with Crippen LogP contribution in [0.5, 0.6) is 5.75 Å². The van der Waals surface area contributed by atoms with E-state index >= 15 is 0 Å². The number of fused-ring (bicyclic) bond motifs is 1. The van der Waals surface area contributed by atoms with Crippen molar-refractivity contribution in [2.45, 2.75) is 50.7 Å². The fourth-order valence-electron chi connectivity index (χ4n) is 4.29. The first-order chi connectivity index (χ1) is 11.7. The first-order valence-electron chi connectivity index (χ1n) is 9.18. The number of amides is 1. The maximum absolute atomic E-state index is 12.8. The number of hydrogen-bond acceptors (Lipinski definition) is 3. The van der Waals surface area contributed by atoms with E-state index in [1.807, 2.05) is 23.1 Å². The van der Waals surface area contributed by atoms with Crippen LogP contribution in [0.2, 0.25) is 5.02 Å². The average Bonchev–Trinajstić information content (AvgIpc) is 3.05. The minimum absolute atomic E-state index is 0.138. The number of hydrogen-bond donors (Lipinski definition) is 0. The highest BCUT2D eigenvalue weighted by atomic mass is 35.5. The highest BCUT2D eigenvalue weighted by Gasteiger charge is 2.35. The Morgan fingerprint density at radius 3 is 2.58 bits per heavy atom. The molecular weight excluding hydrogens is 324 g/mol. The van der Waals surface area contributed by atoms with Crippen LogP contribution < -0.4 is 4.74 Å². The van der Waals surface area contributed by atoms with E-state index in [-0.39, 0.29) is 12.0 Å². The zero-order valence-corrected chi connectivity index (χ0v) is 14.8. The summed E-state index contributed by atoms with van der Waals surface area (Å²) in [5.74, 6) is 0.945. The Hall–Kier alpha value is -1.26. The lowest BCUT2D eigenvalue weighted by molar-refractivity contribution is -0.139. The second-order valence-electron chi connectivity index (χ2n) is 7.22. The van der Waals surface area contributed by atoms with Crippen molar-refractivity contribution in [3.8, 4) is 5.75 Å². The second-order valence-corrected chi connectivity index (χ2v) is 7.65. The molecule has 2 fully saturated rings. The lowest BCUT2D eigenvalue weighted by Crippen LogP contribution is -2.50. The van der Waals surface area contributed by atoms with Gasteiger partial charge in [-0.25, -0.2) is 0 Å². The highest BCUT2D eigenvalue weighted by molar-refractivity contribution is 6.30. The second kappa shape index (κ2) is 6.93. The predicted octanol–water partition coefficient (Wildman–Crippen LogP) is 3.12. The molecule has 5 heteroatoms. The van der Waals surface area contributed by atoms with Crippen LogP contribution in [0.4, 0.5) is 0 Å². The topological polar surface area (TPSA) is 32.8 Å². The summed E-state index contributed by atoms with van der Waals surface area (Å²) in [6, 6.07) is 6.26. The van der Waals surface area contributed by atoms with E-state index < -0.39 is 0 Å². The molecule has 24 heavy (non-hydrogen) atoms. The smallest absolute Gasteiger partial charge is 0.263 e. The van der Waals surface area contributed by atoms with Gasteiger partial charge in [-0.2, -0.15) is 0 Å². The maximum Gasteiger partial charge on any atom is 0.263 e. The number of benzene rings is 1. The quantitative estimate of drug-likeness (QED) is 0.823. The maximum atomic E-state index is 12.8. The van der Waals surface area contributed by atoms with Crippen LogP contribution in [0.1, 0.15) is 37.7 Å². The van der Waals surface area contributed by atoms with Gasteiger partial charge in [0.25, 0.3) is 5.91 Å². The van der Waals surface area contributed by atoms with Crippen LogP contribution in [0.25, 0.3) is 0 Å². The van der Waals surface area contributed by atoms with E-state index in [0.29, 0.717) is 17.5 Å². The van der Waals surface area contributed by atoms with E-state index in [0.717, 1.165) is 37.2 Å². The Morgan fingerprint density at radius 2 is 1.83 bits per heavy atom. The number of rotatable bonds is 2. The van der Waals surface area contributed by atoms with Crippen molar-refractivity contribution in [2.24, 2.45) is 0 Å². The minimum atomic E-state index is -0.370. The fraction of sp³-hybridized carbons (Fsp3) is 0.632. The third kappa shape index (κ3) is 3.27. The Balaban J connectivity index is 1.32. The first-order valence-corrected chi connectivity index (χ1v) is 9.56. The monoisotopic (exact) mass is 348 g/mol. The molecule has 0 aromatic heterocycles. The lowest BCUT2D eigenvalue weighted by atomic mass is 9.99. The van der Waals surface area contributed by atoms with Gasteiger partial charge < -0.3 is 14.5 Å². The average molecular weight is 349 g/mol. The zero-order valence-electron chi connectivity index (χ0n) is 14.0. The van der Waals surface area contributed by atoms with Gasteiger partial charge in [0, 0.05) is 30.6 Å². The van der Waals surface area contributed by atoms with Crippen molar-refractivity contribution in [1.29, 1.82) is 0 Å². The highest BCUT2D eigenvalue weighted by Crippen LogP contribution is 2.32. The van der Waals surface area contributed by atoms with Crippen LogP contribution in [0.3, 0.4) is 0 Å². The molecule has 4 nitrogen and oxygen atoms in total. The Bertz CT molecular complexity index is 607. The molecule has 0 radical (unpaired) electrons. The molecule has 1 atom stereocenters. The molecule has 0 spiro atoms. The van der Waals surface area contributed by atoms with Gasteiger partial charge in [0.05, 0.1) is 0 Å². The number of ether oxygens (including phenoxy) is 1. The summed E-state index contributed by atoms with van der Waals surface area (Å²) in [4.78, 5) is 17.4. The van der Waals surface area contributed by atoms with Gasteiger partial charge in [0.2, 0.25) is 0 Å². The number of halogens is 1. The molecular formula is C19H25ClN2O2. The molecule has 1 aromatic rings. The molecule has 1 amide bonds. The van der Waals surface area contributed by atoms with Crippen LogP contribution in [0, 0.1) is 0 Å². The van der Waals surface area contributed by atoms with Gasteiger partial charge in [0.15, 0.2) is 6.10 Å². The van der Waals surface area contributed by atoms with E-state index in [2.05, 4.69) is 4.90 Å². The lowest BCUT2D eigenvalue weighted by Gasteiger charge is -2.40. The zero-order chi connectivity index (χ0) is 16.5. The standard InChI is InChI=1S/C19H25ClN2O2/c20-15-4-5-17-14(12-15)13-18(24-17)19(23)22-10-6-16(7-11-22)21-8-2-1-3-9-21/h4-5,12,16,18H,1-3,6-11,13H2/t18-/m0/s1. The predicted molar refractivity (Wildman–Crippen MR) is 94.6 cm³/mol. The van der Waals surface area contributed by atoms with Crippen molar-refractivity contribution >= 4 is 17.5 Å². The molecule has 0 bridgehead atoms. The molecule has 3 aliphatic heterocycles. The fourth-order valence-corrected chi connectivity index (χ4v) is 4.49. The van der Waals surface area contributed by atoms with Crippen LogP contribution in [-0.2, 0) is 11.2 Å². The molecule has 0 unspecified atom stereocenters. The van der Waals surface area contributed by atoms with Crippen LogP contribution in [-0.4, -0.2) is 54.0 Å². The van der Waals surface area contributed by atoms with E-state index in [1.54, 1.807) is 0 Å². The third-order valence-corrected chi connectivity index (χ3v) is 5.89. The largest absolute Gasteiger partial charge is 0.480 e. The number of carbonyl (C=O) groups is 1. The normalized spacial score (nSPS) is 25.4. The molecule has 2 saturated heterocycles. The van der Waals surface area contributed by atoms with Gasteiger partial charge in [-0.05, 0) is 62.5 Å². The van der Waals surface area contributed by atoms with Crippen molar-refractivity contribution in [3.05, 3.63) is 28.8 Å². The van der Waals surface area contributed by atoms with E-state index in [9.17, 15) is 4.79 Å². The summed E-state index contributed by atoms with van der Waals surface area (Å²) in [7, 11) is 0. The molecule has 0 saturated carbocycles. The summed E-state index contributed by atoms with van der Waals surface area (Å²) in [5.41, 5.74) is 1.05. The number of piperidine rings is 2. The van der Waals surface area contributed by atoms with Crippen molar-refractivity contribution in [2.75, 3.05) is 26.2 Å². The van der Waals surface area contributed by atoms with Gasteiger partial charge in [-0.15, -0.1) is 0 Å². The summed E-state index contributed by atoms with van der Waals surface area (Å²) >= 11 is 6.03. The van der Waals surface area contributed by atoms with Crippen LogP contribution in [0.15, 0.2) is 18.2 Å². The Labute approximate surface area is 148 Å². The third-order valence-electron chi connectivity index (χ3n) is 5.66. The van der Waals surface area contributed by atoms with Gasteiger partial charge in [-0.3, -0.25) is 4.79 Å². The molecule has 1 aromatic carbocycles. The summed E-state index contributed by atoms with van der Waals surface area (Å²) in [6.45, 7) is 4.19. The first kappa shape index (κ1) is 16.2. The van der Waals surface area contributed by atoms with Gasteiger partial charge >= 0.3 is 0 Å². The van der Waals surface area contributed by atoms with Crippen molar-refractivity contribution in [1.82, 2.24) is 9.80 Å². The summed E-state index contributed by atoms with van der Waals surface area (Å²) < 4.78 is 5.86.